The molecule has 1 rings (SSSR count). The predicted molar refractivity (Wildman–Crippen MR) is 38.8 cm³/mol. The van der Waals surface area contributed by atoms with Crippen molar-refractivity contribution in [2.45, 2.75) is 0 Å². The van der Waals surface area contributed by atoms with Crippen LogP contribution in [0.4, 0.5) is 5.82 Å². The van der Waals surface area contributed by atoms with Gasteiger partial charge < -0.3 is 5.73 Å². The highest BCUT2D eigenvalue weighted by Crippen LogP contribution is 2.01. The Morgan fingerprint density at radius 2 is 2.40 bits per heavy atom. The van der Waals surface area contributed by atoms with Crippen molar-refractivity contribution >= 4 is 19.1 Å². The summed E-state index contributed by atoms with van der Waals surface area (Å²) < 4.78 is 0. The summed E-state index contributed by atoms with van der Waals surface area (Å²) >= 11 is 0. The topological polar surface area (TPSA) is 62.7 Å². The Balaban J connectivity index is 3.25. The first kappa shape index (κ1) is 6.62. The molecule has 0 saturated heterocycles. The molecule has 0 aliphatic rings. The van der Waals surface area contributed by atoms with Gasteiger partial charge >= 0.3 is 0 Å². The van der Waals surface area contributed by atoms with Crippen LogP contribution in [0.5, 0.6) is 0 Å². The zero-order valence-corrected chi connectivity index (χ0v) is 5.20. The van der Waals surface area contributed by atoms with Crippen LogP contribution in [0.1, 0.15) is 5.56 Å². The molecule has 0 spiro atoms. The average Bonchev–Trinajstić information content (AvgIpc) is 1.94. The van der Waals surface area contributed by atoms with Crippen LogP contribution >= 0.6 is 0 Å². The number of nitrogen functional groups attached to an aromatic ring is 1. The smallest absolute Gasteiger partial charge is 0.141 e. The minimum absolute atomic E-state index is 0.219. The maximum Gasteiger partial charge on any atom is 0.141 e. The van der Waals surface area contributed by atoms with Gasteiger partial charge in [0.25, 0.3) is 0 Å². The molecule has 10 heavy (non-hydrogen) atoms. The number of hydrogen-bond acceptors (Lipinski definition) is 3. The first-order chi connectivity index (χ1) is 4.74. The van der Waals surface area contributed by atoms with Crippen molar-refractivity contribution in [2.24, 2.45) is 0 Å². The summed E-state index contributed by atoms with van der Waals surface area (Å²) in [6.45, 7) is 0. The molecule has 0 aromatic carbocycles. The monoisotopic (exact) mass is 129 g/mol. The van der Waals surface area contributed by atoms with E-state index in [-0.39, 0.29) is 5.82 Å². The lowest BCUT2D eigenvalue weighted by molar-refractivity contribution is 1.33. The number of anilines is 1. The molecule has 0 saturated carbocycles. The third-order valence-corrected chi connectivity index (χ3v) is 1.06. The zero-order valence-electron chi connectivity index (χ0n) is 5.20. The SMILES string of the molecule is [B]c1cnc(N)c(C#N)c1. The molecule has 0 aliphatic carbocycles. The van der Waals surface area contributed by atoms with Gasteiger partial charge in [0.05, 0.1) is 5.56 Å². The third-order valence-electron chi connectivity index (χ3n) is 1.06. The molecule has 1 heterocycles. The molecular formula is C6H4BN3. The van der Waals surface area contributed by atoms with Crippen molar-refractivity contribution < 1.29 is 0 Å². The molecule has 0 unspecified atom stereocenters. The molecule has 0 fully saturated rings. The lowest BCUT2D eigenvalue weighted by Gasteiger charge is -1.95. The van der Waals surface area contributed by atoms with Gasteiger partial charge in [-0.05, 0) is 6.07 Å². The van der Waals surface area contributed by atoms with Crippen molar-refractivity contribution in [1.29, 1.82) is 5.26 Å². The molecule has 2 radical (unpaired) electrons. The van der Waals surface area contributed by atoms with E-state index in [4.69, 9.17) is 18.8 Å². The highest BCUT2D eigenvalue weighted by atomic mass is 14.8. The van der Waals surface area contributed by atoms with E-state index < -0.39 is 0 Å². The fraction of sp³-hybridized carbons (Fsp3) is 0. The van der Waals surface area contributed by atoms with Crippen molar-refractivity contribution in [3.05, 3.63) is 17.8 Å². The van der Waals surface area contributed by atoms with Gasteiger partial charge in [-0.25, -0.2) is 4.98 Å². The molecule has 46 valence electrons. The predicted octanol–water partition coefficient (Wildman–Crippen LogP) is -0.671. The largest absolute Gasteiger partial charge is 0.383 e. The number of nitrogens with zero attached hydrogens (tertiary/aromatic N) is 2. The van der Waals surface area contributed by atoms with Gasteiger partial charge in [0.1, 0.15) is 19.7 Å². The lowest BCUT2D eigenvalue weighted by Crippen LogP contribution is -2.06. The summed E-state index contributed by atoms with van der Waals surface area (Å²) in [6, 6.07) is 3.36. The van der Waals surface area contributed by atoms with Crippen LogP contribution < -0.4 is 11.2 Å². The van der Waals surface area contributed by atoms with E-state index in [2.05, 4.69) is 4.98 Å². The lowest BCUT2D eigenvalue weighted by atomic mass is 9.97. The van der Waals surface area contributed by atoms with Gasteiger partial charge in [0.2, 0.25) is 0 Å². The van der Waals surface area contributed by atoms with Crippen LogP contribution in [0.2, 0.25) is 0 Å². The summed E-state index contributed by atoms with van der Waals surface area (Å²) in [7, 11) is 5.33. The van der Waals surface area contributed by atoms with E-state index in [1.54, 1.807) is 0 Å². The maximum absolute atomic E-state index is 8.42. The second kappa shape index (κ2) is 2.40. The molecular weight excluding hydrogens is 125 g/mol. The second-order valence-corrected chi connectivity index (χ2v) is 1.81. The molecule has 0 amide bonds. The molecule has 0 bridgehead atoms. The average molecular weight is 129 g/mol. The third kappa shape index (κ3) is 1.08. The van der Waals surface area contributed by atoms with E-state index in [0.717, 1.165) is 0 Å². The van der Waals surface area contributed by atoms with Gasteiger partial charge in [0.15, 0.2) is 0 Å². The van der Waals surface area contributed by atoms with Gasteiger partial charge in [-0.15, -0.1) is 0 Å². The highest BCUT2D eigenvalue weighted by molar-refractivity contribution is 6.32. The van der Waals surface area contributed by atoms with Crippen LogP contribution in [-0.4, -0.2) is 12.8 Å². The molecule has 1 aromatic heterocycles. The molecule has 2 N–H and O–H groups in total. The van der Waals surface area contributed by atoms with Gasteiger partial charge in [-0.3, -0.25) is 0 Å². The molecule has 4 heteroatoms. The number of rotatable bonds is 0. The number of nitrogens with two attached hydrogens (primary N) is 1. The molecule has 0 atom stereocenters. The maximum atomic E-state index is 8.42. The van der Waals surface area contributed by atoms with Crippen molar-refractivity contribution in [1.82, 2.24) is 4.98 Å². The van der Waals surface area contributed by atoms with E-state index in [9.17, 15) is 0 Å². The van der Waals surface area contributed by atoms with Gasteiger partial charge in [0, 0.05) is 6.20 Å². The van der Waals surface area contributed by atoms with Crippen LogP contribution in [0.3, 0.4) is 0 Å². The Hall–Kier alpha value is -1.50. The van der Waals surface area contributed by atoms with Gasteiger partial charge in [-0.2, -0.15) is 5.26 Å². The summed E-state index contributed by atoms with van der Waals surface area (Å²) in [6.07, 6.45) is 1.41. The number of hydrogen-bond donors (Lipinski definition) is 1. The van der Waals surface area contributed by atoms with Crippen molar-refractivity contribution in [3.8, 4) is 6.07 Å². The summed E-state index contributed by atoms with van der Waals surface area (Å²) in [4.78, 5) is 3.68. The fourth-order valence-electron chi connectivity index (χ4n) is 0.581. The Bertz CT molecular complexity index is 290. The van der Waals surface area contributed by atoms with Crippen molar-refractivity contribution in [3.63, 3.8) is 0 Å². The summed E-state index contributed by atoms with van der Waals surface area (Å²) in [5.74, 6) is 0.219. The van der Waals surface area contributed by atoms with Crippen LogP contribution in [-0.2, 0) is 0 Å². The van der Waals surface area contributed by atoms with Crippen LogP contribution in [0.25, 0.3) is 0 Å². The van der Waals surface area contributed by atoms with E-state index in [1.807, 2.05) is 6.07 Å². The van der Waals surface area contributed by atoms with Crippen LogP contribution in [0.15, 0.2) is 12.3 Å². The molecule has 1 aromatic rings. The number of nitriles is 1. The minimum Gasteiger partial charge on any atom is -0.383 e. The van der Waals surface area contributed by atoms with Gasteiger partial charge in [-0.1, -0.05) is 5.46 Å². The fourth-order valence-corrected chi connectivity index (χ4v) is 0.581. The normalized spacial score (nSPS) is 8.70. The highest BCUT2D eigenvalue weighted by Gasteiger charge is 1.96. The summed E-state index contributed by atoms with van der Waals surface area (Å²) in [5.41, 5.74) is 6.08. The quantitative estimate of drug-likeness (QED) is 0.472. The molecule has 0 aliphatic heterocycles. The Morgan fingerprint density at radius 3 is 2.90 bits per heavy atom. The first-order valence-electron chi connectivity index (χ1n) is 2.65. The van der Waals surface area contributed by atoms with E-state index in [1.165, 1.54) is 12.3 Å². The molecule has 3 nitrogen and oxygen atoms in total. The Kier molecular flexibility index (Phi) is 1.59. The number of aromatic nitrogens is 1. The minimum atomic E-state index is 0.219. The van der Waals surface area contributed by atoms with Crippen molar-refractivity contribution in [2.75, 3.05) is 5.73 Å². The standard InChI is InChI=1S/C6H4BN3/c7-5-1-4(2-8)6(9)10-3-5/h1,3H,(H2,9,10). The first-order valence-corrected chi connectivity index (χ1v) is 2.65. The Morgan fingerprint density at radius 1 is 1.70 bits per heavy atom. The summed E-state index contributed by atoms with van der Waals surface area (Å²) in [5, 5.41) is 8.42. The Labute approximate surface area is 59.9 Å². The zero-order chi connectivity index (χ0) is 7.56. The second-order valence-electron chi connectivity index (χ2n) is 1.81. The van der Waals surface area contributed by atoms with E-state index in [0.29, 0.717) is 11.0 Å². The van der Waals surface area contributed by atoms with E-state index >= 15 is 0 Å². The number of pyridine rings is 1. The van der Waals surface area contributed by atoms with Crippen LogP contribution in [0, 0.1) is 11.3 Å².